The van der Waals surface area contributed by atoms with Crippen LogP contribution in [0.25, 0.3) is 11.0 Å². The van der Waals surface area contributed by atoms with Crippen LogP contribution in [0.2, 0.25) is 0 Å². The SMILES string of the molecule is CCN1CCC(C#Cc2cc3cnc(Nc4ccc(OC5CCN(C)C5)cc4)nc3n(Cc3cnsc3CCN(C)C)c2=O)CC1. The maximum atomic E-state index is 14.1. The van der Waals surface area contributed by atoms with Gasteiger partial charge in [0.1, 0.15) is 17.5 Å². The zero-order valence-electron chi connectivity index (χ0n) is 27.3. The molecule has 0 radical (unpaired) electrons. The van der Waals surface area contributed by atoms with E-state index in [1.807, 2.05) is 36.5 Å². The highest BCUT2D eigenvalue weighted by atomic mass is 32.1. The molecule has 2 aliphatic heterocycles. The van der Waals surface area contributed by atoms with E-state index in [-0.39, 0.29) is 11.7 Å². The summed E-state index contributed by atoms with van der Waals surface area (Å²) in [6, 6.07) is 9.71. The Morgan fingerprint density at radius 2 is 1.91 bits per heavy atom. The molecule has 5 heterocycles. The fourth-order valence-electron chi connectivity index (χ4n) is 6.07. The number of nitrogens with one attached hydrogen (secondary N) is 1. The fourth-order valence-corrected chi connectivity index (χ4v) is 6.80. The summed E-state index contributed by atoms with van der Waals surface area (Å²) in [5.74, 6) is 8.24. The minimum atomic E-state index is -0.139. The van der Waals surface area contributed by atoms with Gasteiger partial charge >= 0.3 is 0 Å². The van der Waals surface area contributed by atoms with Crippen molar-refractivity contribution < 1.29 is 4.74 Å². The first-order valence-electron chi connectivity index (χ1n) is 16.3. The van der Waals surface area contributed by atoms with E-state index in [1.165, 1.54) is 16.4 Å². The highest BCUT2D eigenvalue weighted by Gasteiger charge is 2.21. The van der Waals surface area contributed by atoms with E-state index in [0.29, 0.717) is 29.6 Å². The molecule has 1 N–H and O–H groups in total. The molecule has 242 valence electrons. The lowest BCUT2D eigenvalue weighted by atomic mass is 9.97. The molecule has 1 atom stereocenters. The molecule has 6 rings (SSSR count). The van der Waals surface area contributed by atoms with Gasteiger partial charge < -0.3 is 24.8 Å². The third-order valence-corrected chi connectivity index (χ3v) is 9.78. The summed E-state index contributed by atoms with van der Waals surface area (Å²) in [7, 11) is 6.24. The first-order chi connectivity index (χ1) is 22.3. The second-order valence-electron chi connectivity index (χ2n) is 12.7. The van der Waals surface area contributed by atoms with E-state index < -0.39 is 0 Å². The van der Waals surface area contributed by atoms with Gasteiger partial charge in [0.15, 0.2) is 0 Å². The average molecular weight is 641 g/mol. The lowest BCUT2D eigenvalue weighted by Crippen LogP contribution is -2.33. The normalized spacial score (nSPS) is 17.8. The highest BCUT2D eigenvalue weighted by molar-refractivity contribution is 7.05. The number of hydrogen-bond donors (Lipinski definition) is 1. The standard InChI is InChI=1S/C35H44N8O2S/c1-5-42-18-12-25(13-19-42)6-7-26-20-27-21-36-35(38-29-8-10-30(11-9-29)45-31-14-17-41(4)24-31)39-33(27)43(34(26)44)23-28-22-37-46-32(28)15-16-40(2)3/h8-11,20-22,25,31H,5,12-19,23-24H2,1-4H3,(H,36,38,39). The quantitative estimate of drug-likeness (QED) is 0.255. The number of rotatable bonds is 10. The van der Waals surface area contributed by atoms with Crippen molar-refractivity contribution in [2.24, 2.45) is 5.92 Å². The molecule has 2 aliphatic rings. The number of ether oxygens (including phenoxy) is 1. The number of pyridine rings is 1. The Hall–Kier alpha value is -3.82. The van der Waals surface area contributed by atoms with Crippen LogP contribution < -0.4 is 15.6 Å². The molecule has 1 aromatic carbocycles. The molecule has 0 spiro atoms. The van der Waals surface area contributed by atoms with E-state index in [1.54, 1.807) is 10.8 Å². The Balaban J connectivity index is 1.28. The van der Waals surface area contributed by atoms with E-state index in [2.05, 4.69) is 69.3 Å². The molecule has 2 fully saturated rings. The average Bonchev–Trinajstić information content (AvgIpc) is 3.69. The summed E-state index contributed by atoms with van der Waals surface area (Å²) >= 11 is 1.49. The van der Waals surface area contributed by atoms with E-state index in [0.717, 1.165) is 87.3 Å². The summed E-state index contributed by atoms with van der Waals surface area (Å²) in [5, 5.41) is 4.09. The van der Waals surface area contributed by atoms with Crippen molar-refractivity contribution in [2.45, 2.75) is 45.3 Å². The van der Waals surface area contributed by atoms with Gasteiger partial charge in [0.25, 0.3) is 5.56 Å². The van der Waals surface area contributed by atoms with Gasteiger partial charge in [-0.05, 0) is 108 Å². The first kappa shape index (κ1) is 32.1. The topological polar surface area (TPSA) is 91.7 Å². The molecule has 2 saturated heterocycles. The van der Waals surface area contributed by atoms with Crippen LogP contribution in [0, 0.1) is 17.8 Å². The lowest BCUT2D eigenvalue weighted by Gasteiger charge is -2.28. The smallest absolute Gasteiger partial charge is 0.268 e. The van der Waals surface area contributed by atoms with E-state index in [4.69, 9.17) is 9.72 Å². The summed E-state index contributed by atoms with van der Waals surface area (Å²) in [4.78, 5) is 31.6. The second kappa shape index (κ2) is 14.7. The summed E-state index contributed by atoms with van der Waals surface area (Å²) in [6.07, 6.45) is 7.83. The summed E-state index contributed by atoms with van der Waals surface area (Å²) < 4.78 is 12.4. The first-order valence-corrected chi connectivity index (χ1v) is 17.1. The van der Waals surface area contributed by atoms with Gasteiger partial charge in [-0.15, -0.1) is 0 Å². The Kier molecular flexibility index (Phi) is 10.3. The largest absolute Gasteiger partial charge is 0.489 e. The summed E-state index contributed by atoms with van der Waals surface area (Å²) in [6.45, 7) is 8.65. The highest BCUT2D eigenvalue weighted by Crippen LogP contribution is 2.24. The van der Waals surface area contributed by atoms with Crippen molar-refractivity contribution >= 4 is 34.2 Å². The predicted molar refractivity (Wildman–Crippen MR) is 185 cm³/mol. The van der Waals surface area contributed by atoms with Crippen LogP contribution in [-0.4, -0.2) is 100 Å². The molecule has 0 amide bonds. The Morgan fingerprint density at radius 3 is 2.63 bits per heavy atom. The number of piperidine rings is 1. The van der Waals surface area contributed by atoms with Gasteiger partial charge in [0.2, 0.25) is 5.95 Å². The van der Waals surface area contributed by atoms with E-state index in [9.17, 15) is 4.79 Å². The predicted octanol–water partition coefficient (Wildman–Crippen LogP) is 4.31. The minimum Gasteiger partial charge on any atom is -0.489 e. The number of fused-ring (bicyclic) bond motifs is 1. The van der Waals surface area contributed by atoms with Crippen LogP contribution in [0.3, 0.4) is 0 Å². The monoisotopic (exact) mass is 640 g/mol. The number of likely N-dealkylation sites (tertiary alicyclic amines) is 2. The van der Waals surface area contributed by atoms with Gasteiger partial charge in [0, 0.05) is 59.5 Å². The van der Waals surface area contributed by atoms with Gasteiger partial charge in [-0.25, -0.2) is 9.36 Å². The number of benzene rings is 1. The van der Waals surface area contributed by atoms with Gasteiger partial charge in [-0.3, -0.25) is 9.36 Å². The molecule has 10 nitrogen and oxygen atoms in total. The molecule has 0 bridgehead atoms. The molecule has 4 aromatic rings. The Bertz CT molecular complexity index is 1750. The summed E-state index contributed by atoms with van der Waals surface area (Å²) in [5.41, 5.74) is 2.79. The van der Waals surface area contributed by atoms with Crippen LogP contribution >= 0.6 is 11.5 Å². The number of hydrogen-bond acceptors (Lipinski definition) is 10. The van der Waals surface area contributed by atoms with Crippen molar-refractivity contribution in [3.63, 3.8) is 0 Å². The van der Waals surface area contributed by atoms with E-state index >= 15 is 0 Å². The molecule has 0 aliphatic carbocycles. The fraction of sp³-hybridized carbons (Fsp3) is 0.486. The zero-order chi connectivity index (χ0) is 32.0. The molecule has 1 unspecified atom stereocenters. The van der Waals surface area contributed by atoms with Crippen LogP contribution in [0.15, 0.2) is 47.5 Å². The minimum absolute atomic E-state index is 0.139. The molecule has 0 saturated carbocycles. The number of anilines is 2. The molecular weight excluding hydrogens is 597 g/mol. The van der Waals surface area contributed by atoms with Crippen molar-refractivity contribution in [3.8, 4) is 17.6 Å². The molecule has 46 heavy (non-hydrogen) atoms. The third kappa shape index (κ3) is 7.93. The van der Waals surface area contributed by atoms with Crippen molar-refractivity contribution in [2.75, 3.05) is 65.7 Å². The van der Waals surface area contributed by atoms with Crippen LogP contribution in [0.1, 0.15) is 42.2 Å². The Morgan fingerprint density at radius 1 is 1.11 bits per heavy atom. The molecule has 11 heteroatoms. The second-order valence-corrected chi connectivity index (χ2v) is 13.6. The molecule has 3 aromatic heterocycles. The van der Waals surface area contributed by atoms with Crippen molar-refractivity contribution in [3.05, 3.63) is 69.1 Å². The van der Waals surface area contributed by atoms with Gasteiger partial charge in [-0.1, -0.05) is 18.8 Å². The van der Waals surface area contributed by atoms with Crippen LogP contribution in [0.4, 0.5) is 11.6 Å². The van der Waals surface area contributed by atoms with Gasteiger partial charge in [0.05, 0.1) is 12.1 Å². The number of likely N-dealkylation sites (N-methyl/N-ethyl adjacent to an activating group) is 2. The van der Waals surface area contributed by atoms with Gasteiger partial charge in [-0.2, -0.15) is 4.98 Å². The maximum Gasteiger partial charge on any atom is 0.268 e. The Labute approximate surface area is 275 Å². The van der Waals surface area contributed by atoms with Crippen molar-refractivity contribution in [1.29, 1.82) is 0 Å². The lowest BCUT2D eigenvalue weighted by molar-refractivity contribution is 0.208. The zero-order valence-corrected chi connectivity index (χ0v) is 28.1. The molecular formula is C35H44N8O2S. The number of aromatic nitrogens is 4. The van der Waals surface area contributed by atoms with Crippen LogP contribution in [0.5, 0.6) is 5.75 Å². The van der Waals surface area contributed by atoms with Crippen LogP contribution in [-0.2, 0) is 13.0 Å². The van der Waals surface area contributed by atoms with Crippen molar-refractivity contribution in [1.82, 2.24) is 33.6 Å². The third-order valence-electron chi connectivity index (χ3n) is 8.88. The maximum absolute atomic E-state index is 14.1. The number of nitrogens with zero attached hydrogens (tertiary/aromatic N) is 7.